The Hall–Kier alpha value is -8.72. The average molecular weight is 1070 g/mol. The zero-order chi connectivity index (χ0) is 57.3. The summed E-state index contributed by atoms with van der Waals surface area (Å²) in [5.74, 6) is 0. The first-order valence-electron chi connectivity index (χ1n) is 29.3. The van der Waals surface area contributed by atoms with Crippen LogP contribution in [0.1, 0.15) is 105 Å². The van der Waals surface area contributed by atoms with Crippen LogP contribution in [0.4, 0.5) is 34.1 Å². The van der Waals surface area contributed by atoms with E-state index < -0.39 is 0 Å². The van der Waals surface area contributed by atoms with E-state index in [4.69, 9.17) is 0 Å². The van der Waals surface area contributed by atoms with E-state index in [0.29, 0.717) is 0 Å². The third kappa shape index (κ3) is 10.5. The molecule has 0 N–H and O–H groups in total. The Morgan fingerprint density at radius 2 is 0.463 bits per heavy atom. The van der Waals surface area contributed by atoms with E-state index in [9.17, 15) is 0 Å². The van der Waals surface area contributed by atoms with Gasteiger partial charge < -0.3 is 9.80 Å². The van der Waals surface area contributed by atoms with Gasteiger partial charge in [-0.1, -0.05) is 253 Å². The van der Waals surface area contributed by atoms with Crippen molar-refractivity contribution in [2.24, 2.45) is 0 Å². The molecule has 0 saturated heterocycles. The van der Waals surface area contributed by atoms with Gasteiger partial charge in [-0.3, -0.25) is 0 Å². The molecule has 0 aliphatic heterocycles. The normalized spacial score (nSPS) is 12.4. The molecule has 0 aliphatic carbocycles. The summed E-state index contributed by atoms with van der Waals surface area (Å²) in [5, 5.41) is 7.34. The third-order valence-corrected chi connectivity index (χ3v) is 16.7. The van der Waals surface area contributed by atoms with Crippen molar-refractivity contribution in [3.05, 3.63) is 265 Å². The smallest absolute Gasteiger partial charge is 0.0540 e. The van der Waals surface area contributed by atoms with Crippen LogP contribution in [0.2, 0.25) is 0 Å². The topological polar surface area (TPSA) is 6.48 Å². The maximum Gasteiger partial charge on any atom is 0.0540 e. The number of nitrogens with zero attached hydrogens (tertiary/aromatic N) is 2. The van der Waals surface area contributed by atoms with Gasteiger partial charge in [0.1, 0.15) is 0 Å². The predicted molar refractivity (Wildman–Crippen MR) is 356 cm³/mol. The molecule has 82 heavy (non-hydrogen) atoms. The average Bonchev–Trinajstić information content (AvgIpc) is 2.42. The summed E-state index contributed by atoms with van der Waals surface area (Å²) in [7, 11) is 0. The van der Waals surface area contributed by atoms with Crippen molar-refractivity contribution in [3.63, 3.8) is 0 Å². The number of hydrogen-bond donors (Lipinski definition) is 0. The molecule has 12 aromatic carbocycles. The van der Waals surface area contributed by atoms with Crippen LogP contribution in [0.5, 0.6) is 0 Å². The summed E-state index contributed by atoms with van der Waals surface area (Å²) in [6, 6.07) is 91.5. The zero-order valence-electron chi connectivity index (χ0n) is 50.0. The molecular weight excluding hydrogens is 989 g/mol. The molecule has 12 rings (SSSR count). The van der Waals surface area contributed by atoms with Gasteiger partial charge in [0.25, 0.3) is 0 Å². The maximum absolute atomic E-state index is 2.56. The van der Waals surface area contributed by atoms with Crippen LogP contribution in [0.15, 0.2) is 243 Å². The first kappa shape index (κ1) is 53.9. The maximum atomic E-state index is 2.56. The molecule has 0 unspecified atom stereocenters. The predicted octanol–water partition coefficient (Wildman–Crippen LogP) is 23.4. The van der Waals surface area contributed by atoms with Gasteiger partial charge in [-0.2, -0.15) is 0 Å². The molecule has 0 radical (unpaired) electrons. The van der Waals surface area contributed by atoms with Crippen LogP contribution >= 0.6 is 0 Å². The zero-order valence-corrected chi connectivity index (χ0v) is 50.0. The fraction of sp³-hybridized carbons (Fsp3) is 0.200. The number of hydrogen-bond acceptors (Lipinski definition) is 2. The lowest BCUT2D eigenvalue weighted by Gasteiger charge is -2.33. The summed E-state index contributed by atoms with van der Waals surface area (Å²) in [6.45, 7) is 28.1. The monoisotopic (exact) mass is 1060 g/mol. The summed E-state index contributed by atoms with van der Waals surface area (Å²) in [5.41, 5.74) is 21.0. The summed E-state index contributed by atoms with van der Waals surface area (Å²) in [6.07, 6.45) is 0. The Bertz CT molecular complexity index is 3820. The fourth-order valence-corrected chi connectivity index (χ4v) is 11.9. The molecular formula is C80H76N2. The molecule has 0 bridgehead atoms. The van der Waals surface area contributed by atoms with E-state index in [0.717, 1.165) is 34.1 Å². The van der Waals surface area contributed by atoms with E-state index >= 15 is 0 Å². The largest absolute Gasteiger partial charge is 0.310 e. The van der Waals surface area contributed by atoms with Gasteiger partial charge >= 0.3 is 0 Å². The van der Waals surface area contributed by atoms with E-state index in [1.165, 1.54) is 99.1 Å². The second-order valence-electron chi connectivity index (χ2n) is 26.8. The molecule has 406 valence electrons. The Balaban J connectivity index is 1.17. The SMILES string of the molecule is CC(C)(C)c1cc(N(c2cc(-c3ccccc3)cc(-c3ccccc3)c2)c2ccc3ccc4c(N(c5cc(-c6ccccc6)cc(-c6ccccc6)c5)c5cc(C(C)(C)C)cc(C(C)(C)C)c5)ccc5ccc2c3c54)cc(C(C)(C)C)c1. The third-order valence-electron chi connectivity index (χ3n) is 16.7. The van der Waals surface area contributed by atoms with Crippen LogP contribution in [-0.4, -0.2) is 0 Å². The Kier molecular flexibility index (Phi) is 13.6. The molecule has 12 aromatic rings. The minimum absolute atomic E-state index is 0.101. The van der Waals surface area contributed by atoms with Gasteiger partial charge in [0.15, 0.2) is 0 Å². The van der Waals surface area contributed by atoms with E-state index in [1.54, 1.807) is 0 Å². The molecule has 2 nitrogen and oxygen atoms in total. The minimum atomic E-state index is -0.101. The lowest BCUT2D eigenvalue weighted by molar-refractivity contribution is 0.568. The number of benzene rings is 12. The Labute approximate surface area is 487 Å². The highest BCUT2D eigenvalue weighted by molar-refractivity contribution is 6.28. The van der Waals surface area contributed by atoms with Crippen molar-refractivity contribution >= 4 is 66.4 Å². The number of anilines is 6. The minimum Gasteiger partial charge on any atom is -0.310 e. The highest BCUT2D eigenvalue weighted by atomic mass is 15.2. The van der Waals surface area contributed by atoms with Gasteiger partial charge in [-0.15, -0.1) is 0 Å². The molecule has 0 heterocycles. The highest BCUT2D eigenvalue weighted by Gasteiger charge is 2.29. The number of rotatable bonds is 10. The Morgan fingerprint density at radius 1 is 0.220 bits per heavy atom. The van der Waals surface area contributed by atoms with Gasteiger partial charge in [0.05, 0.1) is 11.4 Å². The highest BCUT2D eigenvalue weighted by Crippen LogP contribution is 2.51. The van der Waals surface area contributed by atoms with Crippen LogP contribution in [0.25, 0.3) is 76.8 Å². The second-order valence-corrected chi connectivity index (χ2v) is 26.8. The van der Waals surface area contributed by atoms with Crippen LogP contribution < -0.4 is 9.80 Å². The van der Waals surface area contributed by atoms with Gasteiger partial charge in [0, 0.05) is 33.5 Å². The first-order valence-corrected chi connectivity index (χ1v) is 29.3. The van der Waals surface area contributed by atoms with Crippen molar-refractivity contribution in [1.82, 2.24) is 0 Å². The molecule has 2 heteroatoms. The van der Waals surface area contributed by atoms with Crippen LogP contribution in [0, 0.1) is 0 Å². The Morgan fingerprint density at radius 3 is 0.720 bits per heavy atom. The molecule has 0 spiro atoms. The molecule has 0 fully saturated rings. The van der Waals surface area contributed by atoms with Crippen molar-refractivity contribution in [2.75, 3.05) is 9.80 Å². The summed E-state index contributed by atoms with van der Waals surface area (Å²) >= 11 is 0. The lowest BCUT2D eigenvalue weighted by atomic mass is 9.80. The van der Waals surface area contributed by atoms with Crippen molar-refractivity contribution < 1.29 is 0 Å². The summed E-state index contributed by atoms with van der Waals surface area (Å²) < 4.78 is 0. The van der Waals surface area contributed by atoms with Crippen molar-refractivity contribution in [2.45, 2.75) is 105 Å². The first-order chi connectivity index (χ1) is 39.2. The van der Waals surface area contributed by atoms with Crippen molar-refractivity contribution in [3.8, 4) is 44.5 Å². The lowest BCUT2D eigenvalue weighted by Crippen LogP contribution is -2.19. The molecule has 0 aromatic heterocycles. The van der Waals surface area contributed by atoms with E-state index in [2.05, 4.69) is 336 Å². The van der Waals surface area contributed by atoms with Crippen LogP contribution in [0.3, 0.4) is 0 Å². The van der Waals surface area contributed by atoms with E-state index in [-0.39, 0.29) is 21.7 Å². The van der Waals surface area contributed by atoms with Gasteiger partial charge in [0.2, 0.25) is 0 Å². The van der Waals surface area contributed by atoms with E-state index in [1.807, 2.05) is 0 Å². The summed E-state index contributed by atoms with van der Waals surface area (Å²) in [4.78, 5) is 5.13. The van der Waals surface area contributed by atoms with Crippen molar-refractivity contribution in [1.29, 1.82) is 0 Å². The molecule has 0 aliphatic rings. The standard InChI is InChI=1S/C80H76N2/c1-77(2,3)63-47-64(78(4,5)6)50-69(49-63)81(67-43-59(53-25-17-13-18-26-53)41-60(44-67)54-27-19-14-20-28-54)73-39-35-57-34-38-72-74(40-36-58-33-37-71(73)75(57)76(58)72)82(70-51-65(79(7,8)9)48-66(52-70)80(10,11)12)68-45-61(55-29-21-15-22-30-55)42-62(46-68)56-31-23-16-24-32-56/h13-52H,1-12H3. The van der Waals surface area contributed by atoms with Gasteiger partial charge in [-0.05, 0) is 183 Å². The second kappa shape index (κ2) is 20.7. The molecule has 0 saturated carbocycles. The fourth-order valence-electron chi connectivity index (χ4n) is 11.9. The quantitative estimate of drug-likeness (QED) is 0.126. The van der Waals surface area contributed by atoms with Crippen LogP contribution in [-0.2, 0) is 21.7 Å². The molecule has 0 amide bonds. The van der Waals surface area contributed by atoms with Gasteiger partial charge in [-0.25, -0.2) is 0 Å². The molecule has 0 atom stereocenters.